The minimum atomic E-state index is 0.172. The van der Waals surface area contributed by atoms with E-state index in [9.17, 15) is 35.7 Å². The molecule has 0 aliphatic carbocycles. The first-order valence-corrected chi connectivity index (χ1v) is 28.6. The average molecular weight is 1220 g/mol. The molecule has 0 aliphatic rings. The number of pyridine rings is 5. The van der Waals surface area contributed by atoms with E-state index in [1.165, 1.54) is 6.33 Å². The third-order valence-corrected chi connectivity index (χ3v) is 14.3. The van der Waals surface area contributed by atoms with Crippen molar-refractivity contribution in [3.63, 3.8) is 0 Å². The molecule has 0 bridgehead atoms. The molecular formula is C73H51N13O7. The van der Waals surface area contributed by atoms with Gasteiger partial charge >= 0.3 is 0 Å². The normalized spacial score (nSPS) is 10.7. The Hall–Kier alpha value is -13.5. The maximum absolute atomic E-state index is 9.78. The molecule has 20 heteroatoms. The first-order chi connectivity index (χ1) is 45.5. The van der Waals surface area contributed by atoms with Crippen molar-refractivity contribution in [1.29, 1.82) is 0 Å². The second-order valence-electron chi connectivity index (χ2n) is 20.3. The van der Waals surface area contributed by atoms with Crippen LogP contribution >= 0.6 is 0 Å². The van der Waals surface area contributed by atoms with Gasteiger partial charge in [-0.1, -0.05) is 97.1 Å². The minimum absolute atomic E-state index is 0.172. The zero-order valence-electron chi connectivity index (χ0n) is 48.8. The largest absolute Gasteiger partial charge is 0.506 e. The Balaban J connectivity index is 0.000000105. The molecule has 93 heavy (non-hydrogen) atoms. The van der Waals surface area contributed by atoms with Gasteiger partial charge in [-0.2, -0.15) is 5.10 Å². The van der Waals surface area contributed by atoms with E-state index in [2.05, 4.69) is 65.0 Å². The molecule has 0 atom stereocenters. The topological polar surface area (TPSA) is 309 Å². The fraction of sp³-hybridized carbons (Fsp3) is 0. The number of fused-ring (bicyclic) bond motifs is 13. The first-order valence-electron chi connectivity index (χ1n) is 28.6. The van der Waals surface area contributed by atoms with Gasteiger partial charge in [0.15, 0.2) is 0 Å². The Labute approximate surface area is 527 Å². The first kappa shape index (κ1) is 59.8. The Morgan fingerprint density at radius 1 is 0.226 bits per heavy atom. The van der Waals surface area contributed by atoms with Crippen LogP contribution in [0.4, 0.5) is 0 Å². The van der Waals surface area contributed by atoms with Crippen molar-refractivity contribution >= 4 is 120 Å². The predicted octanol–water partition coefficient (Wildman–Crippen LogP) is 14.6. The van der Waals surface area contributed by atoms with Crippen LogP contribution in [0.25, 0.3) is 120 Å². The average Bonchev–Trinajstić information content (AvgIpc) is 0.902. The zero-order chi connectivity index (χ0) is 64.0. The maximum atomic E-state index is 9.78. The molecule has 0 saturated carbocycles. The molecule has 20 nitrogen and oxygen atoms in total. The number of nitrogens with zero attached hydrogens (tertiary/aromatic N) is 13. The third-order valence-electron chi connectivity index (χ3n) is 14.3. The monoisotopic (exact) mass is 1220 g/mol. The molecule has 9 aromatic heterocycles. The van der Waals surface area contributed by atoms with E-state index in [1.807, 2.05) is 146 Å². The molecule has 0 saturated heterocycles. The van der Waals surface area contributed by atoms with Gasteiger partial charge in [0.2, 0.25) is 0 Å². The highest BCUT2D eigenvalue weighted by atomic mass is 16.3. The standard InChI is InChI=1S/C13H9NO.3C12H8N2O.3C8H6N2O/c15-12-7-3-5-10-8-9-4-1-2-6-11(9)14-13(10)12;15-11-7-10-8(3-1-5-13-10)9-4-2-6-14-12(9)11;15-10-7-8-3-1-5-13-11(8)9-4-2-6-14-12(9)10;15-11-7-3-6-10-12(11)14-9-5-2-1-4-8(9)13-10;11-7-3-1-2-6-4-9-5-10-8(6)7;11-7-3-1-2-6-8(7)10-5-4-9-6;11-7-3-1-2-6-4-5-9-10-8(6)7/h1-8,15H;3*1-7,15H;3*1-5,11H. The fourth-order valence-electron chi connectivity index (χ4n) is 9.95. The number of benzene rings is 9. The highest BCUT2D eigenvalue weighted by Gasteiger charge is 2.10. The number of para-hydroxylation sites is 7. The lowest BCUT2D eigenvalue weighted by molar-refractivity contribution is 0.479. The molecule has 0 radical (unpaired) electrons. The molecule has 7 N–H and O–H groups in total. The Morgan fingerprint density at radius 3 is 1.44 bits per heavy atom. The van der Waals surface area contributed by atoms with E-state index in [0.717, 1.165) is 70.7 Å². The van der Waals surface area contributed by atoms with Crippen molar-refractivity contribution in [2.75, 3.05) is 0 Å². The lowest BCUT2D eigenvalue weighted by Gasteiger charge is -2.03. The van der Waals surface area contributed by atoms with Crippen molar-refractivity contribution in [3.8, 4) is 40.2 Å². The zero-order valence-corrected chi connectivity index (χ0v) is 48.8. The summed E-state index contributed by atoms with van der Waals surface area (Å²) in [4.78, 5) is 45.7. The summed E-state index contributed by atoms with van der Waals surface area (Å²) in [7, 11) is 0. The number of aromatic nitrogens is 13. The summed E-state index contributed by atoms with van der Waals surface area (Å²) in [5.74, 6) is 1.34. The number of rotatable bonds is 0. The minimum Gasteiger partial charge on any atom is -0.506 e. The van der Waals surface area contributed by atoms with Gasteiger partial charge in [0.1, 0.15) is 85.2 Å². The van der Waals surface area contributed by atoms with Crippen LogP contribution in [-0.4, -0.2) is 101 Å². The summed E-state index contributed by atoms with van der Waals surface area (Å²) >= 11 is 0. The van der Waals surface area contributed by atoms with Gasteiger partial charge in [0.25, 0.3) is 0 Å². The highest BCUT2D eigenvalue weighted by Crippen LogP contribution is 2.32. The van der Waals surface area contributed by atoms with E-state index in [0.29, 0.717) is 49.7 Å². The predicted molar refractivity (Wildman–Crippen MR) is 361 cm³/mol. The summed E-state index contributed by atoms with van der Waals surface area (Å²) in [5, 5.41) is 81.7. The van der Waals surface area contributed by atoms with Crippen LogP contribution in [0.15, 0.2) is 268 Å². The van der Waals surface area contributed by atoms with Crippen molar-refractivity contribution in [2.24, 2.45) is 0 Å². The van der Waals surface area contributed by atoms with Gasteiger partial charge in [-0.3, -0.25) is 24.9 Å². The van der Waals surface area contributed by atoms with Crippen LogP contribution in [0.1, 0.15) is 0 Å². The van der Waals surface area contributed by atoms with Gasteiger partial charge in [0.05, 0.1) is 44.8 Å². The third kappa shape index (κ3) is 13.6. The second-order valence-corrected chi connectivity index (χ2v) is 20.3. The number of hydrogen-bond donors (Lipinski definition) is 7. The molecule has 0 aliphatic heterocycles. The van der Waals surface area contributed by atoms with Crippen LogP contribution in [-0.2, 0) is 0 Å². The molecular weight excluding hydrogens is 1170 g/mol. The number of hydrogen-bond acceptors (Lipinski definition) is 20. The lowest BCUT2D eigenvalue weighted by atomic mass is 10.1. The van der Waals surface area contributed by atoms with Crippen LogP contribution in [0, 0.1) is 0 Å². The van der Waals surface area contributed by atoms with E-state index in [4.69, 9.17) is 0 Å². The van der Waals surface area contributed by atoms with Crippen LogP contribution in [0.2, 0.25) is 0 Å². The van der Waals surface area contributed by atoms with Gasteiger partial charge in [0, 0.05) is 92.5 Å². The fourth-order valence-corrected chi connectivity index (χ4v) is 9.95. The Kier molecular flexibility index (Phi) is 17.8. The molecule has 9 heterocycles. The number of phenolic OH excluding ortho intramolecular Hbond substituents is 7. The highest BCUT2D eigenvalue weighted by molar-refractivity contribution is 6.08. The molecule has 0 amide bonds. The maximum Gasteiger partial charge on any atom is 0.143 e. The number of phenols is 7. The van der Waals surface area contributed by atoms with Crippen molar-refractivity contribution in [1.82, 2.24) is 65.0 Å². The van der Waals surface area contributed by atoms with Crippen LogP contribution < -0.4 is 0 Å². The molecule has 18 rings (SSSR count). The Morgan fingerprint density at radius 2 is 0.710 bits per heavy atom. The quantitative estimate of drug-likeness (QED) is 0.0548. The van der Waals surface area contributed by atoms with E-state index in [1.54, 1.807) is 116 Å². The lowest BCUT2D eigenvalue weighted by Crippen LogP contribution is -1.86. The Bertz CT molecular complexity index is 5260. The summed E-state index contributed by atoms with van der Waals surface area (Å²) < 4.78 is 0. The van der Waals surface area contributed by atoms with Gasteiger partial charge in [-0.05, 0) is 109 Å². The van der Waals surface area contributed by atoms with Gasteiger partial charge in [-0.25, -0.2) is 29.9 Å². The summed E-state index contributed by atoms with van der Waals surface area (Å²) in [6.45, 7) is 0. The van der Waals surface area contributed by atoms with Crippen molar-refractivity contribution in [3.05, 3.63) is 268 Å². The second kappa shape index (κ2) is 27.7. The summed E-state index contributed by atoms with van der Waals surface area (Å²) in [6.07, 6.45) is 14.6. The molecule has 18 aromatic rings. The summed E-state index contributed by atoms with van der Waals surface area (Å²) in [5.41, 5.74) is 9.78. The molecule has 9 aromatic carbocycles. The van der Waals surface area contributed by atoms with Gasteiger partial charge < -0.3 is 35.7 Å². The molecule has 450 valence electrons. The van der Waals surface area contributed by atoms with E-state index >= 15 is 0 Å². The molecule has 0 fully saturated rings. The van der Waals surface area contributed by atoms with Crippen LogP contribution in [0.5, 0.6) is 40.2 Å². The SMILES string of the molecule is Oc1cc2cccnc2c2cccnc12.Oc1cc2ncccc2c2cccnc12.Oc1cccc2cc3ccccc3nc12.Oc1cccc2ccnnc12.Oc1cccc2cncnc12.Oc1cccc2nc3ccccc3nc12.Oc1cccc2nccnc12. The summed E-state index contributed by atoms with van der Waals surface area (Å²) in [6, 6.07) is 64.2. The van der Waals surface area contributed by atoms with Crippen LogP contribution in [0.3, 0.4) is 0 Å². The van der Waals surface area contributed by atoms with E-state index < -0.39 is 0 Å². The van der Waals surface area contributed by atoms with Crippen molar-refractivity contribution < 1.29 is 35.7 Å². The van der Waals surface area contributed by atoms with Crippen molar-refractivity contribution in [2.45, 2.75) is 0 Å². The number of aromatic hydroxyl groups is 7. The van der Waals surface area contributed by atoms with Gasteiger partial charge in [-0.15, -0.1) is 5.10 Å². The van der Waals surface area contributed by atoms with E-state index in [-0.39, 0.29) is 40.2 Å². The molecule has 0 unspecified atom stereocenters. The molecule has 0 spiro atoms. The smallest absolute Gasteiger partial charge is 0.143 e.